The summed E-state index contributed by atoms with van der Waals surface area (Å²) in [6.45, 7) is 1.04. The van der Waals surface area contributed by atoms with Crippen LogP contribution in [0.4, 0.5) is 20.3 Å². The van der Waals surface area contributed by atoms with Gasteiger partial charge in [0.25, 0.3) is 0 Å². The Labute approximate surface area is 143 Å². The van der Waals surface area contributed by atoms with Crippen LogP contribution in [-0.4, -0.2) is 32.8 Å². The van der Waals surface area contributed by atoms with Crippen LogP contribution >= 0.6 is 0 Å². The molecule has 2 aromatic heterocycles. The molecule has 0 aliphatic carbocycles. The Kier molecular flexibility index (Phi) is 4.27. The van der Waals surface area contributed by atoms with Gasteiger partial charge in [0.1, 0.15) is 18.8 Å². The lowest BCUT2D eigenvalue weighted by atomic mass is 10.1. The molecule has 2 N–H and O–H groups in total. The summed E-state index contributed by atoms with van der Waals surface area (Å²) in [6, 6.07) is 4.87. The van der Waals surface area contributed by atoms with E-state index in [9.17, 15) is 8.78 Å². The third-order valence-electron chi connectivity index (χ3n) is 4.52. The zero-order valence-corrected chi connectivity index (χ0v) is 13.5. The molecule has 3 aromatic rings. The molecular weight excluding hydrogens is 326 g/mol. The maximum Gasteiger partial charge on any atom is 0.163 e. The van der Waals surface area contributed by atoms with Crippen LogP contribution in [0.2, 0.25) is 0 Å². The van der Waals surface area contributed by atoms with E-state index in [-0.39, 0.29) is 17.3 Å². The van der Waals surface area contributed by atoms with Gasteiger partial charge in [-0.05, 0) is 32.0 Å². The second-order valence-corrected chi connectivity index (χ2v) is 6.07. The number of aromatic nitrogens is 4. The Balaban J connectivity index is 1.70. The van der Waals surface area contributed by atoms with Crippen molar-refractivity contribution in [3.63, 3.8) is 0 Å². The van der Waals surface area contributed by atoms with Crippen LogP contribution in [0, 0.1) is 5.82 Å². The van der Waals surface area contributed by atoms with Gasteiger partial charge in [-0.1, -0.05) is 12.1 Å². The minimum absolute atomic E-state index is 0.0145. The van der Waals surface area contributed by atoms with E-state index in [0.29, 0.717) is 16.9 Å². The summed E-state index contributed by atoms with van der Waals surface area (Å²) in [5, 5.41) is 11.5. The molecule has 6 nitrogen and oxygen atoms in total. The van der Waals surface area contributed by atoms with Crippen molar-refractivity contribution >= 4 is 22.5 Å². The highest BCUT2D eigenvalue weighted by Gasteiger charge is 2.20. The van der Waals surface area contributed by atoms with Crippen molar-refractivity contribution in [3.05, 3.63) is 42.1 Å². The first-order chi connectivity index (χ1) is 12.3. The summed E-state index contributed by atoms with van der Waals surface area (Å²) < 4.78 is 29.1. The molecule has 0 bridgehead atoms. The SMILES string of the molecule is FCc1cccc(Nc2ncnc3c2cnn3C2CCNCC2)c1F. The number of hydrogen-bond acceptors (Lipinski definition) is 5. The Morgan fingerprint density at radius 1 is 1.24 bits per heavy atom. The highest BCUT2D eigenvalue weighted by atomic mass is 19.1. The van der Waals surface area contributed by atoms with Crippen LogP contribution in [0.3, 0.4) is 0 Å². The third-order valence-corrected chi connectivity index (χ3v) is 4.52. The molecule has 4 rings (SSSR count). The lowest BCUT2D eigenvalue weighted by Crippen LogP contribution is -2.29. The molecule has 8 heteroatoms. The van der Waals surface area contributed by atoms with Crippen LogP contribution in [0.5, 0.6) is 0 Å². The zero-order valence-electron chi connectivity index (χ0n) is 13.5. The molecule has 130 valence electrons. The summed E-state index contributed by atoms with van der Waals surface area (Å²) in [7, 11) is 0. The molecule has 25 heavy (non-hydrogen) atoms. The van der Waals surface area contributed by atoms with E-state index < -0.39 is 12.5 Å². The summed E-state index contributed by atoms with van der Waals surface area (Å²) in [5.41, 5.74) is 0.914. The molecule has 1 aliphatic rings. The summed E-state index contributed by atoms with van der Waals surface area (Å²) in [5.74, 6) is -0.150. The molecule has 1 saturated heterocycles. The van der Waals surface area contributed by atoms with E-state index in [4.69, 9.17) is 0 Å². The van der Waals surface area contributed by atoms with Crippen molar-refractivity contribution in [3.8, 4) is 0 Å². The van der Waals surface area contributed by atoms with Crippen molar-refractivity contribution in [2.24, 2.45) is 0 Å². The van der Waals surface area contributed by atoms with Crippen molar-refractivity contribution in [1.82, 2.24) is 25.1 Å². The lowest BCUT2D eigenvalue weighted by molar-refractivity contribution is 0.349. The van der Waals surface area contributed by atoms with Crippen molar-refractivity contribution in [2.75, 3.05) is 18.4 Å². The second-order valence-electron chi connectivity index (χ2n) is 6.07. The normalized spacial score (nSPS) is 15.6. The second kappa shape index (κ2) is 6.72. The van der Waals surface area contributed by atoms with Gasteiger partial charge >= 0.3 is 0 Å². The molecule has 0 amide bonds. The highest BCUT2D eigenvalue weighted by molar-refractivity contribution is 5.88. The number of benzene rings is 1. The van der Waals surface area contributed by atoms with Crippen LogP contribution in [0.15, 0.2) is 30.7 Å². The fraction of sp³-hybridized carbons (Fsp3) is 0.353. The smallest absolute Gasteiger partial charge is 0.163 e. The minimum Gasteiger partial charge on any atom is -0.337 e. The monoisotopic (exact) mass is 344 g/mol. The highest BCUT2D eigenvalue weighted by Crippen LogP contribution is 2.28. The topological polar surface area (TPSA) is 67.7 Å². The lowest BCUT2D eigenvalue weighted by Gasteiger charge is -2.23. The van der Waals surface area contributed by atoms with E-state index in [1.807, 2.05) is 4.68 Å². The van der Waals surface area contributed by atoms with Crippen LogP contribution in [0.1, 0.15) is 24.4 Å². The number of piperidine rings is 1. The van der Waals surface area contributed by atoms with Crippen LogP contribution in [-0.2, 0) is 6.67 Å². The fourth-order valence-corrected chi connectivity index (χ4v) is 3.19. The number of nitrogens with zero attached hydrogens (tertiary/aromatic N) is 4. The average molecular weight is 344 g/mol. The molecule has 3 heterocycles. The number of nitrogens with one attached hydrogen (secondary N) is 2. The van der Waals surface area contributed by atoms with Gasteiger partial charge in [0.15, 0.2) is 11.5 Å². The largest absolute Gasteiger partial charge is 0.337 e. The van der Waals surface area contributed by atoms with Gasteiger partial charge < -0.3 is 10.6 Å². The fourth-order valence-electron chi connectivity index (χ4n) is 3.19. The summed E-state index contributed by atoms with van der Waals surface area (Å²) in [6.07, 6.45) is 5.09. The molecule has 0 saturated carbocycles. The minimum atomic E-state index is -0.853. The van der Waals surface area contributed by atoms with Crippen LogP contribution in [0.25, 0.3) is 11.0 Å². The van der Waals surface area contributed by atoms with Crippen molar-refractivity contribution in [1.29, 1.82) is 0 Å². The molecule has 0 atom stereocenters. The van der Waals surface area contributed by atoms with Crippen LogP contribution < -0.4 is 10.6 Å². The number of hydrogen-bond donors (Lipinski definition) is 2. The van der Waals surface area contributed by atoms with Gasteiger partial charge in [0.2, 0.25) is 0 Å². The quantitative estimate of drug-likeness (QED) is 0.761. The first-order valence-electron chi connectivity index (χ1n) is 8.27. The summed E-state index contributed by atoms with van der Waals surface area (Å²) in [4.78, 5) is 8.56. The van der Waals surface area contributed by atoms with Gasteiger partial charge in [-0.15, -0.1) is 0 Å². The van der Waals surface area contributed by atoms with Crippen molar-refractivity contribution in [2.45, 2.75) is 25.6 Å². The number of alkyl halides is 1. The molecule has 1 fully saturated rings. The maximum atomic E-state index is 14.3. The number of anilines is 2. The Hall–Kier alpha value is -2.61. The molecule has 0 radical (unpaired) electrons. The summed E-state index contributed by atoms with van der Waals surface area (Å²) >= 11 is 0. The first-order valence-corrected chi connectivity index (χ1v) is 8.27. The van der Waals surface area contributed by atoms with Gasteiger partial charge in [-0.2, -0.15) is 5.10 Å². The maximum absolute atomic E-state index is 14.3. The van der Waals surface area contributed by atoms with E-state index in [1.54, 1.807) is 18.3 Å². The molecule has 1 aliphatic heterocycles. The van der Waals surface area contributed by atoms with Gasteiger partial charge in [0, 0.05) is 5.56 Å². The number of rotatable bonds is 4. The number of halogens is 2. The van der Waals surface area contributed by atoms with E-state index in [0.717, 1.165) is 25.9 Å². The average Bonchev–Trinajstić information content (AvgIpc) is 3.09. The van der Waals surface area contributed by atoms with E-state index in [1.165, 1.54) is 12.4 Å². The molecule has 0 spiro atoms. The Morgan fingerprint density at radius 3 is 2.88 bits per heavy atom. The number of fused-ring (bicyclic) bond motifs is 1. The molecule has 0 unspecified atom stereocenters. The van der Waals surface area contributed by atoms with E-state index in [2.05, 4.69) is 25.7 Å². The van der Waals surface area contributed by atoms with Gasteiger partial charge in [-0.25, -0.2) is 23.4 Å². The Morgan fingerprint density at radius 2 is 2.08 bits per heavy atom. The van der Waals surface area contributed by atoms with Gasteiger partial charge in [-0.3, -0.25) is 0 Å². The zero-order chi connectivity index (χ0) is 17.2. The van der Waals surface area contributed by atoms with E-state index >= 15 is 0 Å². The predicted molar refractivity (Wildman–Crippen MR) is 91.0 cm³/mol. The first kappa shape index (κ1) is 15.9. The Bertz CT molecular complexity index is 888. The third kappa shape index (κ3) is 2.93. The van der Waals surface area contributed by atoms with Crippen molar-refractivity contribution < 1.29 is 8.78 Å². The van der Waals surface area contributed by atoms with Gasteiger partial charge in [0.05, 0.1) is 23.3 Å². The molecular formula is C17H18F2N6. The standard InChI is InChI=1S/C17H18F2N6/c18-8-11-2-1-3-14(15(11)19)24-16-13-9-23-25(17(13)22-10-21-16)12-4-6-20-7-5-12/h1-3,9-10,12,20H,4-8H2,(H,21,22,24). The predicted octanol–water partition coefficient (Wildman–Crippen LogP) is 3.10. The molecule has 1 aromatic carbocycles.